The molecule has 0 amide bonds. The molecule has 1 nitrogen and oxygen atoms in total. The fourth-order valence-corrected chi connectivity index (χ4v) is 4.29. The van der Waals surface area contributed by atoms with Crippen molar-refractivity contribution in [1.29, 1.82) is 0 Å². The number of benzene rings is 1. The molecular formula is C13H15Br3O. The quantitative estimate of drug-likeness (QED) is 0.576. The molecule has 2 atom stereocenters. The van der Waals surface area contributed by atoms with E-state index in [1.165, 1.54) is 22.0 Å². The Morgan fingerprint density at radius 2 is 2.06 bits per heavy atom. The zero-order chi connectivity index (χ0) is 12.4. The van der Waals surface area contributed by atoms with Crippen LogP contribution in [0.1, 0.15) is 28.8 Å². The standard InChI is InChI=1S/C13H15Br3O/c1-8-5-12(15)10(6-11(8)14)13(16)9-3-2-4-17-7-9/h5-6,9,13H,2-4,7H2,1H3. The van der Waals surface area contributed by atoms with Crippen molar-refractivity contribution in [2.45, 2.75) is 24.6 Å². The lowest BCUT2D eigenvalue weighted by Gasteiger charge is -2.27. The van der Waals surface area contributed by atoms with Gasteiger partial charge in [-0.05, 0) is 48.9 Å². The van der Waals surface area contributed by atoms with Crippen molar-refractivity contribution in [3.8, 4) is 0 Å². The maximum absolute atomic E-state index is 5.56. The van der Waals surface area contributed by atoms with Crippen LogP contribution in [0.15, 0.2) is 21.1 Å². The third-order valence-corrected chi connectivity index (χ3v) is 5.97. The molecule has 0 spiro atoms. The largest absolute Gasteiger partial charge is 0.381 e. The highest BCUT2D eigenvalue weighted by Gasteiger charge is 2.25. The lowest BCUT2D eigenvalue weighted by Crippen LogP contribution is -2.21. The first-order valence-electron chi connectivity index (χ1n) is 5.77. The van der Waals surface area contributed by atoms with Crippen molar-refractivity contribution in [3.63, 3.8) is 0 Å². The van der Waals surface area contributed by atoms with E-state index < -0.39 is 0 Å². The van der Waals surface area contributed by atoms with Crippen molar-refractivity contribution >= 4 is 47.8 Å². The van der Waals surface area contributed by atoms with E-state index in [0.29, 0.717) is 10.7 Å². The molecule has 0 radical (unpaired) electrons. The van der Waals surface area contributed by atoms with Crippen LogP contribution in [0.3, 0.4) is 0 Å². The van der Waals surface area contributed by atoms with Gasteiger partial charge in [-0.2, -0.15) is 0 Å². The van der Waals surface area contributed by atoms with Crippen molar-refractivity contribution in [2.24, 2.45) is 5.92 Å². The highest BCUT2D eigenvalue weighted by molar-refractivity contribution is 9.11. The first-order valence-corrected chi connectivity index (χ1v) is 8.27. The van der Waals surface area contributed by atoms with Crippen LogP contribution in [-0.4, -0.2) is 13.2 Å². The molecule has 0 aliphatic carbocycles. The Morgan fingerprint density at radius 3 is 2.71 bits per heavy atom. The molecule has 94 valence electrons. The lowest BCUT2D eigenvalue weighted by molar-refractivity contribution is 0.0545. The second-order valence-corrected chi connectivity index (χ2v) is 7.20. The third-order valence-electron chi connectivity index (χ3n) is 3.18. The summed E-state index contributed by atoms with van der Waals surface area (Å²) in [7, 11) is 0. The van der Waals surface area contributed by atoms with Crippen LogP contribution in [-0.2, 0) is 4.74 Å². The van der Waals surface area contributed by atoms with Gasteiger partial charge in [-0.3, -0.25) is 0 Å². The lowest BCUT2D eigenvalue weighted by atomic mass is 9.93. The highest BCUT2D eigenvalue weighted by Crippen LogP contribution is 2.40. The summed E-state index contributed by atoms with van der Waals surface area (Å²) in [4.78, 5) is 0.356. The molecule has 0 saturated carbocycles. The van der Waals surface area contributed by atoms with E-state index in [2.05, 4.69) is 66.8 Å². The molecule has 1 saturated heterocycles. The van der Waals surface area contributed by atoms with Gasteiger partial charge in [0, 0.05) is 20.4 Å². The SMILES string of the molecule is Cc1cc(Br)c(C(Br)C2CCCOC2)cc1Br. The minimum Gasteiger partial charge on any atom is -0.381 e. The average Bonchev–Trinajstić information content (AvgIpc) is 2.34. The summed E-state index contributed by atoms with van der Waals surface area (Å²) in [6, 6.07) is 4.37. The molecule has 0 N–H and O–H groups in total. The molecular weight excluding hydrogens is 412 g/mol. The van der Waals surface area contributed by atoms with E-state index in [-0.39, 0.29) is 0 Å². The molecule has 17 heavy (non-hydrogen) atoms. The topological polar surface area (TPSA) is 9.23 Å². The molecule has 1 aromatic carbocycles. The Balaban J connectivity index is 2.23. The maximum Gasteiger partial charge on any atom is 0.0508 e. The maximum atomic E-state index is 5.56. The number of ether oxygens (including phenoxy) is 1. The minimum absolute atomic E-state index is 0.356. The van der Waals surface area contributed by atoms with Gasteiger partial charge in [0.1, 0.15) is 0 Å². The summed E-state index contributed by atoms with van der Waals surface area (Å²) in [5, 5.41) is 0. The molecule has 2 unspecified atom stereocenters. The van der Waals surface area contributed by atoms with Gasteiger partial charge in [0.05, 0.1) is 6.61 Å². The number of aryl methyl sites for hydroxylation is 1. The van der Waals surface area contributed by atoms with Crippen molar-refractivity contribution < 1.29 is 4.74 Å². The Morgan fingerprint density at radius 1 is 1.29 bits per heavy atom. The molecule has 1 aliphatic heterocycles. The first-order chi connectivity index (χ1) is 8.09. The van der Waals surface area contributed by atoms with Gasteiger partial charge >= 0.3 is 0 Å². The van der Waals surface area contributed by atoms with Crippen LogP contribution < -0.4 is 0 Å². The molecule has 1 aromatic rings. The van der Waals surface area contributed by atoms with Crippen molar-refractivity contribution in [2.75, 3.05) is 13.2 Å². The van der Waals surface area contributed by atoms with Crippen LogP contribution in [0.2, 0.25) is 0 Å². The summed E-state index contributed by atoms with van der Waals surface area (Å²) < 4.78 is 7.90. The number of rotatable bonds is 2. The Kier molecular flexibility index (Phi) is 5.10. The van der Waals surface area contributed by atoms with Crippen LogP contribution in [0.4, 0.5) is 0 Å². The fraction of sp³-hybridized carbons (Fsp3) is 0.538. The Bertz CT molecular complexity index is 400. The van der Waals surface area contributed by atoms with Crippen LogP contribution in [0.5, 0.6) is 0 Å². The van der Waals surface area contributed by atoms with Gasteiger partial charge in [0.2, 0.25) is 0 Å². The summed E-state index contributed by atoms with van der Waals surface area (Å²) in [5.41, 5.74) is 2.55. The van der Waals surface area contributed by atoms with Gasteiger partial charge in [-0.25, -0.2) is 0 Å². The fourth-order valence-electron chi connectivity index (χ4n) is 2.12. The van der Waals surface area contributed by atoms with E-state index in [4.69, 9.17) is 4.74 Å². The molecule has 0 bridgehead atoms. The van der Waals surface area contributed by atoms with Crippen molar-refractivity contribution in [1.82, 2.24) is 0 Å². The third kappa shape index (κ3) is 3.34. The zero-order valence-electron chi connectivity index (χ0n) is 9.68. The monoisotopic (exact) mass is 424 g/mol. The smallest absolute Gasteiger partial charge is 0.0508 e. The zero-order valence-corrected chi connectivity index (χ0v) is 14.4. The average molecular weight is 427 g/mol. The number of hydrogen-bond donors (Lipinski definition) is 0. The van der Waals surface area contributed by atoms with Crippen molar-refractivity contribution in [3.05, 3.63) is 32.2 Å². The van der Waals surface area contributed by atoms with E-state index in [9.17, 15) is 0 Å². The van der Waals surface area contributed by atoms with Gasteiger partial charge in [-0.1, -0.05) is 47.8 Å². The molecule has 1 fully saturated rings. The van der Waals surface area contributed by atoms with Crippen LogP contribution in [0.25, 0.3) is 0 Å². The summed E-state index contributed by atoms with van der Waals surface area (Å²) >= 11 is 11.1. The van der Waals surface area contributed by atoms with Gasteiger partial charge < -0.3 is 4.74 Å². The van der Waals surface area contributed by atoms with E-state index in [0.717, 1.165) is 24.1 Å². The molecule has 2 rings (SSSR count). The Hall–Kier alpha value is 0.620. The molecule has 1 heterocycles. The normalized spacial score (nSPS) is 22.5. The van der Waals surface area contributed by atoms with Gasteiger partial charge in [-0.15, -0.1) is 0 Å². The van der Waals surface area contributed by atoms with E-state index in [1.54, 1.807) is 0 Å². The van der Waals surface area contributed by atoms with Crippen LogP contribution in [0, 0.1) is 12.8 Å². The summed E-state index contributed by atoms with van der Waals surface area (Å²) in [5.74, 6) is 0.564. The first kappa shape index (κ1) is 14.0. The van der Waals surface area contributed by atoms with E-state index >= 15 is 0 Å². The van der Waals surface area contributed by atoms with Gasteiger partial charge in [0.15, 0.2) is 0 Å². The number of alkyl halides is 1. The molecule has 1 aliphatic rings. The second kappa shape index (κ2) is 6.18. The number of halogens is 3. The molecule has 0 aromatic heterocycles. The summed E-state index contributed by atoms with van der Waals surface area (Å²) in [6.07, 6.45) is 2.39. The summed E-state index contributed by atoms with van der Waals surface area (Å²) in [6.45, 7) is 3.87. The highest BCUT2D eigenvalue weighted by atomic mass is 79.9. The van der Waals surface area contributed by atoms with Crippen LogP contribution >= 0.6 is 47.8 Å². The molecule has 4 heteroatoms. The number of hydrogen-bond acceptors (Lipinski definition) is 1. The predicted octanol–water partition coefficient (Wildman–Crippen LogP) is 5.38. The minimum atomic E-state index is 0.356. The predicted molar refractivity (Wildman–Crippen MR) is 81.8 cm³/mol. The van der Waals surface area contributed by atoms with E-state index in [1.807, 2.05) is 0 Å². The second-order valence-electron chi connectivity index (χ2n) is 4.50. The Labute approximate surface area is 128 Å². The van der Waals surface area contributed by atoms with Gasteiger partial charge in [0.25, 0.3) is 0 Å².